The van der Waals surface area contributed by atoms with E-state index in [1.165, 1.54) is 89.9 Å². The maximum Gasteiger partial charge on any atom is 0.193 e. The highest BCUT2D eigenvalue weighted by Gasteiger charge is 1.97. The smallest absolute Gasteiger partial charge is 0.193 e. The maximum atomic E-state index is 5.24. The number of allylic oxidation sites excluding steroid dienone is 2. The third-order valence-corrected chi connectivity index (χ3v) is 4.39. The Labute approximate surface area is 143 Å². The quantitative estimate of drug-likeness (QED) is 0.237. The van der Waals surface area contributed by atoms with E-state index < -0.39 is 0 Å². The van der Waals surface area contributed by atoms with E-state index >= 15 is 0 Å². The standard InChI is InChI=1S/C21H37NO/c1-2-3-4-5-6-7-8-9-10-11-12-13-14-15-16-17-18-21-22-19-20-23-21/h9-10,19-20H,2-8,11-18H2,1H3/b10-9+. The zero-order valence-electron chi connectivity index (χ0n) is 15.3. The van der Waals surface area contributed by atoms with Gasteiger partial charge >= 0.3 is 0 Å². The number of oxazole rings is 1. The van der Waals surface area contributed by atoms with Crippen molar-refractivity contribution in [2.75, 3.05) is 0 Å². The van der Waals surface area contributed by atoms with Gasteiger partial charge in [0.05, 0.1) is 6.20 Å². The summed E-state index contributed by atoms with van der Waals surface area (Å²) >= 11 is 0. The largest absolute Gasteiger partial charge is 0.449 e. The second kappa shape index (κ2) is 15.8. The average Bonchev–Trinajstić information content (AvgIpc) is 3.08. The first-order chi connectivity index (χ1) is 11.4. The molecule has 0 aliphatic heterocycles. The fraction of sp³-hybridized carbons (Fsp3) is 0.762. The van der Waals surface area contributed by atoms with Crippen molar-refractivity contribution >= 4 is 0 Å². The highest BCUT2D eigenvalue weighted by Crippen LogP contribution is 2.11. The summed E-state index contributed by atoms with van der Waals surface area (Å²) in [5, 5.41) is 0. The Morgan fingerprint density at radius 3 is 1.91 bits per heavy atom. The number of rotatable bonds is 16. The Hall–Kier alpha value is -1.05. The van der Waals surface area contributed by atoms with Gasteiger partial charge in [-0.15, -0.1) is 0 Å². The van der Waals surface area contributed by atoms with Crippen LogP contribution >= 0.6 is 0 Å². The summed E-state index contributed by atoms with van der Waals surface area (Å²) in [5.74, 6) is 0.889. The van der Waals surface area contributed by atoms with Crippen molar-refractivity contribution < 1.29 is 4.42 Å². The third-order valence-electron chi connectivity index (χ3n) is 4.39. The van der Waals surface area contributed by atoms with Crippen molar-refractivity contribution in [2.45, 2.75) is 103 Å². The lowest BCUT2D eigenvalue weighted by atomic mass is 10.1. The highest BCUT2D eigenvalue weighted by atomic mass is 16.3. The summed E-state index contributed by atoms with van der Waals surface area (Å²) in [5.41, 5.74) is 0. The molecule has 0 N–H and O–H groups in total. The Bertz CT molecular complexity index is 356. The van der Waals surface area contributed by atoms with Gasteiger partial charge in [-0.2, -0.15) is 0 Å². The molecule has 0 aliphatic rings. The van der Waals surface area contributed by atoms with E-state index in [0.717, 1.165) is 12.3 Å². The molecule has 0 spiro atoms. The third kappa shape index (κ3) is 13.1. The monoisotopic (exact) mass is 319 g/mol. The molecule has 1 aromatic rings. The first-order valence-corrected chi connectivity index (χ1v) is 9.97. The Kier molecular flexibility index (Phi) is 13.8. The minimum absolute atomic E-state index is 0.889. The van der Waals surface area contributed by atoms with Gasteiger partial charge < -0.3 is 4.42 Å². The lowest BCUT2D eigenvalue weighted by Crippen LogP contribution is -1.86. The molecule has 0 fully saturated rings. The summed E-state index contributed by atoms with van der Waals surface area (Å²) in [7, 11) is 0. The van der Waals surface area contributed by atoms with Gasteiger partial charge in [-0.25, -0.2) is 4.98 Å². The number of hydrogen-bond acceptors (Lipinski definition) is 2. The average molecular weight is 320 g/mol. The molecule has 1 aromatic heterocycles. The summed E-state index contributed by atoms with van der Waals surface area (Å²) in [6, 6.07) is 0. The normalized spacial score (nSPS) is 11.5. The molecule has 0 bridgehead atoms. The van der Waals surface area contributed by atoms with Gasteiger partial charge in [0, 0.05) is 6.42 Å². The Morgan fingerprint density at radius 2 is 1.35 bits per heavy atom. The molecule has 2 heteroatoms. The summed E-state index contributed by atoms with van der Waals surface area (Å²) < 4.78 is 5.24. The second-order valence-electron chi connectivity index (χ2n) is 6.61. The lowest BCUT2D eigenvalue weighted by Gasteiger charge is -2.00. The van der Waals surface area contributed by atoms with Crippen molar-refractivity contribution in [3.05, 3.63) is 30.5 Å². The van der Waals surface area contributed by atoms with E-state index in [0.29, 0.717) is 0 Å². The van der Waals surface area contributed by atoms with Crippen LogP contribution in [-0.4, -0.2) is 4.98 Å². The van der Waals surface area contributed by atoms with Gasteiger partial charge in [0.1, 0.15) is 6.26 Å². The second-order valence-corrected chi connectivity index (χ2v) is 6.61. The molecule has 0 saturated carbocycles. The molecule has 2 nitrogen and oxygen atoms in total. The van der Waals surface area contributed by atoms with Crippen LogP contribution in [0.2, 0.25) is 0 Å². The molecule has 23 heavy (non-hydrogen) atoms. The Morgan fingerprint density at radius 1 is 0.783 bits per heavy atom. The highest BCUT2D eigenvalue weighted by molar-refractivity contribution is 4.81. The Balaban J connectivity index is 1.73. The van der Waals surface area contributed by atoms with Crippen LogP contribution in [0.5, 0.6) is 0 Å². The van der Waals surface area contributed by atoms with Crippen LogP contribution in [0.3, 0.4) is 0 Å². The minimum Gasteiger partial charge on any atom is -0.449 e. The topological polar surface area (TPSA) is 26.0 Å². The van der Waals surface area contributed by atoms with Crippen LogP contribution in [0.25, 0.3) is 0 Å². The fourth-order valence-corrected chi connectivity index (χ4v) is 2.90. The van der Waals surface area contributed by atoms with E-state index in [-0.39, 0.29) is 0 Å². The van der Waals surface area contributed by atoms with Crippen molar-refractivity contribution in [2.24, 2.45) is 0 Å². The molecule has 0 aliphatic carbocycles. The number of nitrogens with zero attached hydrogens (tertiary/aromatic N) is 1. The maximum absolute atomic E-state index is 5.24. The lowest BCUT2D eigenvalue weighted by molar-refractivity contribution is 0.477. The number of hydrogen-bond donors (Lipinski definition) is 0. The number of aryl methyl sites for hydroxylation is 1. The summed E-state index contributed by atoms with van der Waals surface area (Å²) in [4.78, 5) is 4.15. The number of unbranched alkanes of at least 4 members (excludes halogenated alkanes) is 12. The SMILES string of the molecule is CCCCCCCC/C=C/CCCCCCCCc1ncco1. The number of aromatic nitrogens is 1. The van der Waals surface area contributed by atoms with Gasteiger partial charge in [-0.1, -0.05) is 76.9 Å². The van der Waals surface area contributed by atoms with Crippen molar-refractivity contribution in [1.29, 1.82) is 0 Å². The van der Waals surface area contributed by atoms with Crippen LogP contribution < -0.4 is 0 Å². The molecule has 132 valence electrons. The first kappa shape index (κ1) is 20.0. The first-order valence-electron chi connectivity index (χ1n) is 9.97. The molecule has 0 saturated heterocycles. The van der Waals surface area contributed by atoms with E-state index in [2.05, 4.69) is 24.1 Å². The van der Waals surface area contributed by atoms with Crippen LogP contribution in [0.4, 0.5) is 0 Å². The molecule has 0 radical (unpaired) electrons. The minimum atomic E-state index is 0.889. The van der Waals surface area contributed by atoms with E-state index in [9.17, 15) is 0 Å². The van der Waals surface area contributed by atoms with Gasteiger partial charge in [0.2, 0.25) is 0 Å². The molecule has 1 rings (SSSR count). The van der Waals surface area contributed by atoms with Crippen LogP contribution in [0.1, 0.15) is 103 Å². The van der Waals surface area contributed by atoms with Crippen LogP contribution in [0.15, 0.2) is 29.0 Å². The zero-order valence-corrected chi connectivity index (χ0v) is 15.3. The molecular formula is C21H37NO. The summed E-state index contributed by atoms with van der Waals surface area (Å²) in [6.07, 6.45) is 28.1. The molecule has 1 heterocycles. The van der Waals surface area contributed by atoms with Gasteiger partial charge in [0.25, 0.3) is 0 Å². The zero-order chi connectivity index (χ0) is 16.4. The van der Waals surface area contributed by atoms with Gasteiger partial charge in [0.15, 0.2) is 5.89 Å². The fourth-order valence-electron chi connectivity index (χ4n) is 2.90. The molecule has 0 unspecified atom stereocenters. The van der Waals surface area contributed by atoms with Crippen molar-refractivity contribution in [3.8, 4) is 0 Å². The summed E-state index contributed by atoms with van der Waals surface area (Å²) in [6.45, 7) is 2.28. The molecular weight excluding hydrogens is 282 g/mol. The van der Waals surface area contributed by atoms with E-state index in [1.54, 1.807) is 12.5 Å². The van der Waals surface area contributed by atoms with E-state index in [1.807, 2.05) is 0 Å². The molecule has 0 atom stereocenters. The van der Waals surface area contributed by atoms with Crippen molar-refractivity contribution in [1.82, 2.24) is 4.98 Å². The molecule has 0 amide bonds. The molecule has 0 aromatic carbocycles. The van der Waals surface area contributed by atoms with Gasteiger partial charge in [-0.3, -0.25) is 0 Å². The van der Waals surface area contributed by atoms with Crippen molar-refractivity contribution in [3.63, 3.8) is 0 Å². The van der Waals surface area contributed by atoms with Crippen LogP contribution in [0, 0.1) is 0 Å². The van der Waals surface area contributed by atoms with Gasteiger partial charge in [-0.05, 0) is 32.1 Å². The van der Waals surface area contributed by atoms with Crippen LogP contribution in [-0.2, 0) is 6.42 Å². The van der Waals surface area contributed by atoms with E-state index in [4.69, 9.17) is 4.42 Å². The predicted molar refractivity (Wildman–Crippen MR) is 99.7 cm³/mol. The predicted octanol–water partition coefficient (Wildman–Crippen LogP) is 7.25.